The second-order valence-electron chi connectivity index (χ2n) is 5.93. The lowest BCUT2D eigenvalue weighted by atomic mass is 10.1. The first-order valence-electron chi connectivity index (χ1n) is 7.95. The van der Waals surface area contributed by atoms with Crippen molar-refractivity contribution < 1.29 is 4.79 Å². The number of halogens is 1. The minimum absolute atomic E-state index is 0.101. The maximum absolute atomic E-state index is 12.6. The smallest absolute Gasteiger partial charge is 0.254 e. The Morgan fingerprint density at radius 1 is 1.20 bits per heavy atom. The van der Waals surface area contributed by atoms with E-state index in [0.717, 1.165) is 22.6 Å². The van der Waals surface area contributed by atoms with Gasteiger partial charge in [-0.2, -0.15) is 5.10 Å². The van der Waals surface area contributed by atoms with E-state index in [2.05, 4.69) is 10.1 Å². The molecule has 0 radical (unpaired) electrons. The maximum Gasteiger partial charge on any atom is 0.254 e. The first kappa shape index (κ1) is 17.2. The summed E-state index contributed by atoms with van der Waals surface area (Å²) in [6, 6.07) is 13.2. The highest BCUT2D eigenvalue weighted by Gasteiger charge is 2.18. The Bertz CT molecular complexity index is 905. The third-order valence-electron chi connectivity index (χ3n) is 4.16. The average molecular weight is 355 g/mol. The zero-order valence-corrected chi connectivity index (χ0v) is 15.2. The molecule has 1 amide bonds. The molecule has 0 bridgehead atoms. The summed E-state index contributed by atoms with van der Waals surface area (Å²) in [5.41, 5.74) is 4.50. The summed E-state index contributed by atoms with van der Waals surface area (Å²) in [7, 11) is 1.77. The van der Waals surface area contributed by atoms with Crippen molar-refractivity contribution in [2.45, 2.75) is 20.4 Å². The van der Waals surface area contributed by atoms with E-state index in [9.17, 15) is 4.79 Å². The van der Waals surface area contributed by atoms with E-state index in [-0.39, 0.29) is 5.91 Å². The molecule has 0 unspecified atom stereocenters. The van der Waals surface area contributed by atoms with Crippen molar-refractivity contribution in [1.29, 1.82) is 0 Å². The molecule has 3 aromatic rings. The number of carbonyl (C=O) groups is 1. The lowest BCUT2D eigenvalue weighted by Crippen LogP contribution is -2.26. The highest BCUT2D eigenvalue weighted by Crippen LogP contribution is 2.20. The van der Waals surface area contributed by atoms with Crippen LogP contribution in [0.3, 0.4) is 0 Å². The fourth-order valence-electron chi connectivity index (χ4n) is 2.79. The van der Waals surface area contributed by atoms with E-state index in [1.165, 1.54) is 6.20 Å². The second kappa shape index (κ2) is 7.07. The molecule has 0 aliphatic carbocycles. The molecule has 0 aliphatic heterocycles. The predicted molar refractivity (Wildman–Crippen MR) is 98.1 cm³/mol. The summed E-state index contributed by atoms with van der Waals surface area (Å²) >= 11 is 5.88. The van der Waals surface area contributed by atoms with Crippen LogP contribution in [0.15, 0.2) is 48.7 Å². The molecule has 3 rings (SSSR count). The number of nitrogens with zero attached hydrogens (tertiary/aromatic N) is 4. The highest BCUT2D eigenvalue weighted by atomic mass is 35.5. The minimum Gasteiger partial charge on any atom is -0.337 e. The van der Waals surface area contributed by atoms with Crippen LogP contribution in [-0.2, 0) is 6.54 Å². The van der Waals surface area contributed by atoms with Gasteiger partial charge in [0, 0.05) is 36.6 Å². The summed E-state index contributed by atoms with van der Waals surface area (Å²) in [5.74, 6) is -0.101. The molecule has 2 aromatic heterocycles. The molecule has 0 aliphatic rings. The Kier molecular flexibility index (Phi) is 4.86. The van der Waals surface area contributed by atoms with Crippen LogP contribution in [0.4, 0.5) is 0 Å². The standard InChI is InChI=1S/C19H19ClN4O/c1-13-17(14(2)24(22-13)16-7-5-4-6-8-16)12-23(3)19(25)15-9-10-21-18(20)11-15/h4-11H,12H2,1-3H3. The number of hydrogen-bond acceptors (Lipinski definition) is 3. The van der Waals surface area contributed by atoms with Crippen molar-refractivity contribution in [2.24, 2.45) is 0 Å². The third-order valence-corrected chi connectivity index (χ3v) is 4.36. The van der Waals surface area contributed by atoms with E-state index in [1.807, 2.05) is 48.9 Å². The third kappa shape index (κ3) is 3.56. The molecule has 6 heteroatoms. The molecule has 0 saturated heterocycles. The Hall–Kier alpha value is -2.66. The van der Waals surface area contributed by atoms with Crippen LogP contribution in [0.1, 0.15) is 27.3 Å². The molecule has 0 spiro atoms. The van der Waals surface area contributed by atoms with Crippen molar-refractivity contribution in [3.63, 3.8) is 0 Å². The number of pyridine rings is 1. The van der Waals surface area contributed by atoms with Crippen LogP contribution in [0.5, 0.6) is 0 Å². The molecule has 0 atom stereocenters. The number of carbonyl (C=O) groups excluding carboxylic acids is 1. The fraction of sp³-hybridized carbons (Fsp3) is 0.211. The van der Waals surface area contributed by atoms with E-state index in [4.69, 9.17) is 11.6 Å². The van der Waals surface area contributed by atoms with Crippen molar-refractivity contribution in [3.8, 4) is 5.69 Å². The minimum atomic E-state index is -0.101. The highest BCUT2D eigenvalue weighted by molar-refractivity contribution is 6.29. The topological polar surface area (TPSA) is 51.0 Å². The summed E-state index contributed by atoms with van der Waals surface area (Å²) in [5, 5.41) is 4.94. The number of rotatable bonds is 4. The molecular weight excluding hydrogens is 336 g/mol. The van der Waals surface area contributed by atoms with Gasteiger partial charge in [0.15, 0.2) is 0 Å². The zero-order valence-electron chi connectivity index (χ0n) is 14.4. The fourth-order valence-corrected chi connectivity index (χ4v) is 2.96. The largest absolute Gasteiger partial charge is 0.337 e. The number of amides is 1. The van der Waals surface area contributed by atoms with Gasteiger partial charge in [0.25, 0.3) is 5.91 Å². The molecule has 1 aromatic carbocycles. The number of aryl methyl sites for hydroxylation is 1. The Balaban J connectivity index is 1.86. The van der Waals surface area contributed by atoms with Gasteiger partial charge >= 0.3 is 0 Å². The van der Waals surface area contributed by atoms with E-state index < -0.39 is 0 Å². The molecule has 0 N–H and O–H groups in total. The molecule has 0 fully saturated rings. The van der Waals surface area contributed by atoms with Gasteiger partial charge in [-0.3, -0.25) is 4.79 Å². The van der Waals surface area contributed by atoms with Gasteiger partial charge in [-0.05, 0) is 38.1 Å². The van der Waals surface area contributed by atoms with Gasteiger partial charge in [0.05, 0.1) is 11.4 Å². The first-order chi connectivity index (χ1) is 12.0. The summed E-state index contributed by atoms with van der Waals surface area (Å²) in [4.78, 5) is 18.2. The molecule has 0 saturated carbocycles. The first-order valence-corrected chi connectivity index (χ1v) is 8.32. The average Bonchev–Trinajstić information content (AvgIpc) is 2.90. The van der Waals surface area contributed by atoms with Crippen LogP contribution in [0.25, 0.3) is 5.69 Å². The van der Waals surface area contributed by atoms with Gasteiger partial charge in [0.2, 0.25) is 0 Å². The maximum atomic E-state index is 12.6. The summed E-state index contributed by atoms with van der Waals surface area (Å²) in [6.45, 7) is 4.45. The summed E-state index contributed by atoms with van der Waals surface area (Å²) in [6.07, 6.45) is 1.54. The van der Waals surface area contributed by atoms with Crippen LogP contribution in [0, 0.1) is 13.8 Å². The Labute approximate surface area is 151 Å². The van der Waals surface area contributed by atoms with E-state index in [0.29, 0.717) is 17.3 Å². The van der Waals surface area contributed by atoms with E-state index in [1.54, 1.807) is 24.1 Å². The zero-order chi connectivity index (χ0) is 18.0. The molecule has 2 heterocycles. The number of para-hydroxylation sites is 1. The van der Waals surface area contributed by atoms with Gasteiger partial charge in [-0.15, -0.1) is 0 Å². The van der Waals surface area contributed by atoms with E-state index >= 15 is 0 Å². The molecular formula is C19H19ClN4O. The molecule has 25 heavy (non-hydrogen) atoms. The predicted octanol–water partition coefficient (Wildman–Crippen LogP) is 3.81. The lowest BCUT2D eigenvalue weighted by molar-refractivity contribution is 0.0784. The summed E-state index contributed by atoms with van der Waals surface area (Å²) < 4.78 is 1.91. The monoisotopic (exact) mass is 354 g/mol. The lowest BCUT2D eigenvalue weighted by Gasteiger charge is -2.17. The Morgan fingerprint density at radius 2 is 1.92 bits per heavy atom. The van der Waals surface area contributed by atoms with Gasteiger partial charge in [0.1, 0.15) is 5.15 Å². The quantitative estimate of drug-likeness (QED) is 0.669. The van der Waals surface area contributed by atoms with Gasteiger partial charge in [-0.25, -0.2) is 9.67 Å². The second-order valence-corrected chi connectivity index (χ2v) is 6.31. The van der Waals surface area contributed by atoms with Crippen molar-refractivity contribution in [2.75, 3.05) is 7.05 Å². The van der Waals surface area contributed by atoms with Gasteiger partial charge < -0.3 is 4.90 Å². The van der Waals surface area contributed by atoms with Gasteiger partial charge in [-0.1, -0.05) is 29.8 Å². The van der Waals surface area contributed by atoms with Crippen LogP contribution in [0.2, 0.25) is 5.15 Å². The van der Waals surface area contributed by atoms with Crippen molar-refractivity contribution in [3.05, 3.63) is 76.3 Å². The van der Waals surface area contributed by atoms with Crippen molar-refractivity contribution >= 4 is 17.5 Å². The van der Waals surface area contributed by atoms with Crippen LogP contribution < -0.4 is 0 Å². The van der Waals surface area contributed by atoms with Crippen molar-refractivity contribution in [1.82, 2.24) is 19.7 Å². The van der Waals surface area contributed by atoms with Crippen LogP contribution in [-0.4, -0.2) is 32.6 Å². The molecule has 128 valence electrons. The van der Waals surface area contributed by atoms with Crippen LogP contribution >= 0.6 is 11.6 Å². The normalized spacial score (nSPS) is 10.7. The SMILES string of the molecule is Cc1nn(-c2ccccc2)c(C)c1CN(C)C(=O)c1ccnc(Cl)c1. The number of aromatic nitrogens is 3. The Morgan fingerprint density at radius 3 is 2.60 bits per heavy atom. The number of hydrogen-bond donors (Lipinski definition) is 0. The molecule has 5 nitrogen and oxygen atoms in total. The number of benzene rings is 1.